The van der Waals surface area contributed by atoms with Crippen LogP contribution in [0.15, 0.2) is 12.1 Å². The van der Waals surface area contributed by atoms with E-state index in [1.54, 1.807) is 6.92 Å². The van der Waals surface area contributed by atoms with Crippen LogP contribution in [0.3, 0.4) is 0 Å². The average molecular weight is 236 g/mol. The maximum atomic E-state index is 11.2. The third-order valence-electron chi connectivity index (χ3n) is 2.86. The molecule has 0 aliphatic heterocycles. The van der Waals surface area contributed by atoms with Crippen molar-refractivity contribution in [2.75, 3.05) is 7.11 Å². The monoisotopic (exact) mass is 236 g/mol. The summed E-state index contributed by atoms with van der Waals surface area (Å²) in [4.78, 5) is 11.2. The largest absolute Gasteiger partial charge is 0.496 e. The van der Waals surface area contributed by atoms with Gasteiger partial charge in [0.15, 0.2) is 0 Å². The quantitative estimate of drug-likeness (QED) is 0.853. The zero-order valence-electron chi connectivity index (χ0n) is 10.9. The average Bonchev–Trinajstić information content (AvgIpc) is 2.25. The topological polar surface area (TPSA) is 46.5 Å². The molecular formula is C14H20O3. The summed E-state index contributed by atoms with van der Waals surface area (Å²) in [5, 5.41) is 9.20. The third kappa shape index (κ3) is 3.22. The molecule has 1 rings (SSSR count). The summed E-state index contributed by atoms with van der Waals surface area (Å²) in [5.41, 5.74) is 2.00. The van der Waals surface area contributed by atoms with Gasteiger partial charge in [-0.1, -0.05) is 26.0 Å². The fraction of sp³-hybridized carbons (Fsp3) is 0.500. The fourth-order valence-electron chi connectivity index (χ4n) is 1.86. The summed E-state index contributed by atoms with van der Waals surface area (Å²) in [6.07, 6.45) is 1.87. The van der Waals surface area contributed by atoms with E-state index in [0.717, 1.165) is 24.0 Å². The molecular weight excluding hydrogens is 216 g/mol. The van der Waals surface area contributed by atoms with E-state index in [9.17, 15) is 9.90 Å². The molecule has 3 nitrogen and oxygen atoms in total. The molecule has 1 N–H and O–H groups in total. The molecule has 17 heavy (non-hydrogen) atoms. The highest BCUT2D eigenvalue weighted by Gasteiger charge is 2.17. The molecule has 0 bridgehead atoms. The predicted octanol–water partition coefficient (Wildman–Crippen LogP) is 3.29. The molecule has 0 amide bonds. The van der Waals surface area contributed by atoms with Gasteiger partial charge in [-0.2, -0.15) is 0 Å². The molecule has 94 valence electrons. The number of methoxy groups -OCH3 is 1. The van der Waals surface area contributed by atoms with Crippen molar-refractivity contribution in [1.29, 1.82) is 0 Å². The van der Waals surface area contributed by atoms with Gasteiger partial charge in [0.25, 0.3) is 0 Å². The van der Waals surface area contributed by atoms with E-state index >= 15 is 0 Å². The van der Waals surface area contributed by atoms with Crippen molar-refractivity contribution in [3.63, 3.8) is 0 Å². The van der Waals surface area contributed by atoms with Gasteiger partial charge in [0.2, 0.25) is 0 Å². The van der Waals surface area contributed by atoms with Crippen LogP contribution < -0.4 is 4.74 Å². The highest BCUT2D eigenvalue weighted by atomic mass is 16.5. The van der Waals surface area contributed by atoms with Crippen molar-refractivity contribution >= 4 is 5.97 Å². The smallest absolute Gasteiger partial charge is 0.339 e. The molecule has 3 heteroatoms. The van der Waals surface area contributed by atoms with Gasteiger partial charge in [0, 0.05) is 0 Å². The number of hydrogen-bond donors (Lipinski definition) is 1. The standard InChI is InChI=1S/C14H20O3/c1-9(2)5-7-11-8-6-10(3)12(14(15)16)13(11)17-4/h6,8-9H,5,7H2,1-4H3,(H,15,16). The Morgan fingerprint density at radius 3 is 2.53 bits per heavy atom. The minimum Gasteiger partial charge on any atom is -0.496 e. The van der Waals surface area contributed by atoms with Gasteiger partial charge in [-0.25, -0.2) is 4.79 Å². The Balaban J connectivity index is 3.14. The van der Waals surface area contributed by atoms with Crippen molar-refractivity contribution in [1.82, 2.24) is 0 Å². The normalized spacial score (nSPS) is 10.6. The van der Waals surface area contributed by atoms with Crippen LogP contribution >= 0.6 is 0 Å². The van der Waals surface area contributed by atoms with E-state index in [1.165, 1.54) is 7.11 Å². The first-order valence-corrected chi connectivity index (χ1v) is 5.87. The molecule has 0 aliphatic rings. The maximum Gasteiger partial charge on any atom is 0.339 e. The van der Waals surface area contributed by atoms with Gasteiger partial charge in [-0.15, -0.1) is 0 Å². The van der Waals surface area contributed by atoms with Gasteiger partial charge >= 0.3 is 5.97 Å². The second-order valence-electron chi connectivity index (χ2n) is 4.69. The van der Waals surface area contributed by atoms with Gasteiger partial charge in [0.1, 0.15) is 11.3 Å². The Hall–Kier alpha value is -1.51. The lowest BCUT2D eigenvalue weighted by atomic mass is 9.97. The first-order valence-electron chi connectivity index (χ1n) is 5.87. The molecule has 0 fully saturated rings. The highest BCUT2D eigenvalue weighted by molar-refractivity contribution is 5.93. The second-order valence-corrected chi connectivity index (χ2v) is 4.69. The summed E-state index contributed by atoms with van der Waals surface area (Å²) >= 11 is 0. The van der Waals surface area contributed by atoms with Crippen molar-refractivity contribution in [3.8, 4) is 5.75 Å². The van der Waals surface area contributed by atoms with Crippen LogP contribution in [0.2, 0.25) is 0 Å². The molecule has 0 aromatic heterocycles. The van der Waals surface area contributed by atoms with Gasteiger partial charge in [-0.05, 0) is 36.8 Å². The Labute approximate surface area is 102 Å². The van der Waals surface area contributed by atoms with Crippen LogP contribution in [-0.4, -0.2) is 18.2 Å². The number of aromatic carboxylic acids is 1. The van der Waals surface area contributed by atoms with Gasteiger partial charge < -0.3 is 9.84 Å². The molecule has 0 radical (unpaired) electrons. The summed E-state index contributed by atoms with van der Waals surface area (Å²) in [6, 6.07) is 3.81. The second kappa shape index (κ2) is 5.71. The zero-order valence-corrected chi connectivity index (χ0v) is 10.9. The Bertz CT molecular complexity index is 408. The molecule has 0 unspecified atom stereocenters. The van der Waals surface area contributed by atoms with Crippen molar-refractivity contribution < 1.29 is 14.6 Å². The summed E-state index contributed by atoms with van der Waals surface area (Å²) < 4.78 is 5.27. The first-order chi connectivity index (χ1) is 7.97. The minimum atomic E-state index is -0.925. The maximum absolute atomic E-state index is 11.2. The lowest BCUT2D eigenvalue weighted by Crippen LogP contribution is -2.06. The van der Waals surface area contributed by atoms with Gasteiger partial charge in [-0.3, -0.25) is 0 Å². The van der Waals surface area contributed by atoms with E-state index < -0.39 is 5.97 Å². The molecule has 0 atom stereocenters. The van der Waals surface area contributed by atoms with Crippen molar-refractivity contribution in [3.05, 3.63) is 28.8 Å². The molecule has 0 heterocycles. The van der Waals surface area contributed by atoms with E-state index in [2.05, 4.69) is 13.8 Å². The van der Waals surface area contributed by atoms with E-state index in [4.69, 9.17) is 4.74 Å². The lowest BCUT2D eigenvalue weighted by Gasteiger charge is -2.14. The lowest BCUT2D eigenvalue weighted by molar-refractivity contribution is 0.0692. The van der Waals surface area contributed by atoms with E-state index in [-0.39, 0.29) is 5.56 Å². The third-order valence-corrected chi connectivity index (χ3v) is 2.86. The van der Waals surface area contributed by atoms with Crippen molar-refractivity contribution in [2.24, 2.45) is 5.92 Å². The molecule has 0 saturated heterocycles. The number of carboxylic acids is 1. The molecule has 0 aliphatic carbocycles. The fourth-order valence-corrected chi connectivity index (χ4v) is 1.86. The van der Waals surface area contributed by atoms with Crippen LogP contribution in [0.25, 0.3) is 0 Å². The highest BCUT2D eigenvalue weighted by Crippen LogP contribution is 2.28. The van der Waals surface area contributed by atoms with Crippen LogP contribution in [0.5, 0.6) is 5.75 Å². The molecule has 1 aromatic rings. The molecule has 0 spiro atoms. The van der Waals surface area contributed by atoms with E-state index in [1.807, 2.05) is 12.1 Å². The number of hydrogen-bond acceptors (Lipinski definition) is 2. The first kappa shape index (κ1) is 13.6. The summed E-state index contributed by atoms with van der Waals surface area (Å²) in [6.45, 7) is 6.09. The Kier molecular flexibility index (Phi) is 4.55. The number of benzene rings is 1. The number of aryl methyl sites for hydroxylation is 2. The van der Waals surface area contributed by atoms with E-state index in [0.29, 0.717) is 11.7 Å². The molecule has 1 aromatic carbocycles. The number of ether oxygens (including phenoxy) is 1. The molecule has 0 saturated carbocycles. The van der Waals surface area contributed by atoms with Crippen LogP contribution in [-0.2, 0) is 6.42 Å². The summed E-state index contributed by atoms with van der Waals surface area (Å²) in [7, 11) is 1.53. The number of rotatable bonds is 5. The number of carbonyl (C=O) groups is 1. The Morgan fingerprint density at radius 2 is 2.06 bits per heavy atom. The van der Waals surface area contributed by atoms with Crippen LogP contribution in [0.4, 0.5) is 0 Å². The summed E-state index contributed by atoms with van der Waals surface area (Å²) in [5.74, 6) is 0.179. The SMILES string of the molecule is COc1c(CCC(C)C)ccc(C)c1C(=O)O. The van der Waals surface area contributed by atoms with Gasteiger partial charge in [0.05, 0.1) is 7.11 Å². The van der Waals surface area contributed by atoms with Crippen LogP contribution in [0, 0.1) is 12.8 Å². The minimum absolute atomic E-state index is 0.286. The predicted molar refractivity (Wildman–Crippen MR) is 67.8 cm³/mol. The Morgan fingerprint density at radius 1 is 1.41 bits per heavy atom. The number of carboxylic acid groups (broad SMARTS) is 1. The van der Waals surface area contributed by atoms with Crippen molar-refractivity contribution in [2.45, 2.75) is 33.6 Å². The zero-order chi connectivity index (χ0) is 13.0. The van der Waals surface area contributed by atoms with Crippen LogP contribution in [0.1, 0.15) is 41.8 Å².